The molecule has 0 heterocycles. The maximum Gasteiger partial charge on any atom is 0.406 e. The van der Waals surface area contributed by atoms with E-state index in [-0.39, 0.29) is 10.0 Å². The number of Topliss-reactive ketones (excluding diaryl/α,β-unsaturated/α-hetero) is 2. The predicted octanol–water partition coefficient (Wildman–Crippen LogP) is 5.51. The highest BCUT2D eigenvalue weighted by Crippen LogP contribution is 2.48. The summed E-state index contributed by atoms with van der Waals surface area (Å²) in [5, 5.41) is -0.308. The third-order valence-corrected chi connectivity index (χ3v) is 3.33. The fraction of sp³-hybridized carbons (Fsp3) is 0.385. The van der Waals surface area contributed by atoms with Gasteiger partial charge in [0, 0.05) is 15.6 Å². The molecule has 12 heteroatoms. The first-order valence-electron chi connectivity index (χ1n) is 6.10. The van der Waals surface area contributed by atoms with Crippen molar-refractivity contribution < 1.29 is 44.7 Å². The molecule has 0 saturated heterocycles. The highest BCUT2D eigenvalue weighted by molar-refractivity contribution is 6.35. The number of carbonyl (C=O) groups excluding carboxylic acids is 2. The summed E-state index contributed by atoms with van der Waals surface area (Å²) in [4.78, 5) is 23.0. The molecule has 0 spiro atoms. The monoisotopic (exact) mass is 416 g/mol. The highest BCUT2D eigenvalue weighted by Gasteiger charge is 2.71. The number of rotatable bonds is 5. The number of carbonyl (C=O) groups is 2. The van der Waals surface area contributed by atoms with E-state index in [1.807, 2.05) is 0 Å². The van der Waals surface area contributed by atoms with Crippen molar-refractivity contribution in [2.45, 2.75) is 24.7 Å². The van der Waals surface area contributed by atoms with Crippen LogP contribution in [0.15, 0.2) is 18.2 Å². The Morgan fingerprint density at radius 2 is 1.24 bits per heavy atom. The third-order valence-electron chi connectivity index (χ3n) is 2.89. The quantitative estimate of drug-likeness (QED) is 0.360. The highest BCUT2D eigenvalue weighted by atomic mass is 35.5. The summed E-state index contributed by atoms with van der Waals surface area (Å²) >= 11 is 11.0. The molecule has 0 bridgehead atoms. The zero-order valence-corrected chi connectivity index (χ0v) is 13.1. The molecule has 0 fully saturated rings. The van der Waals surface area contributed by atoms with Crippen LogP contribution in [0.5, 0.6) is 0 Å². The average molecular weight is 417 g/mol. The van der Waals surface area contributed by atoms with Gasteiger partial charge in [0.25, 0.3) is 0 Å². The van der Waals surface area contributed by atoms with Crippen LogP contribution in [-0.2, 0) is 4.79 Å². The molecule has 0 aliphatic carbocycles. The Hall–Kier alpha value is -1.42. The van der Waals surface area contributed by atoms with Crippen LogP contribution >= 0.6 is 23.2 Å². The normalized spacial score (nSPS) is 13.2. The van der Waals surface area contributed by atoms with Gasteiger partial charge in [-0.15, -0.1) is 0 Å². The number of alkyl halides is 8. The van der Waals surface area contributed by atoms with E-state index in [2.05, 4.69) is 0 Å². The minimum absolute atomic E-state index is 0.154. The average Bonchev–Trinajstić information content (AvgIpc) is 2.32. The Balaban J connectivity index is 3.13. The minimum Gasteiger partial charge on any atom is -0.294 e. The van der Waals surface area contributed by atoms with Crippen LogP contribution in [-0.4, -0.2) is 29.8 Å². The largest absolute Gasteiger partial charge is 0.406 e. The Morgan fingerprint density at radius 3 is 1.60 bits per heavy atom. The van der Waals surface area contributed by atoms with Crippen LogP contribution in [0.4, 0.5) is 35.1 Å². The molecule has 0 unspecified atom stereocenters. The predicted molar refractivity (Wildman–Crippen MR) is 71.0 cm³/mol. The van der Waals surface area contributed by atoms with Gasteiger partial charge in [0.1, 0.15) is 0 Å². The van der Waals surface area contributed by atoms with E-state index in [0.29, 0.717) is 0 Å². The van der Waals surface area contributed by atoms with Crippen LogP contribution in [0.1, 0.15) is 16.8 Å². The fourth-order valence-corrected chi connectivity index (χ4v) is 2.36. The summed E-state index contributed by atoms with van der Waals surface area (Å²) in [6, 6.07) is 2.86. The van der Waals surface area contributed by atoms with Gasteiger partial charge < -0.3 is 0 Å². The van der Waals surface area contributed by atoms with E-state index >= 15 is 0 Å². The first-order valence-corrected chi connectivity index (χ1v) is 6.86. The second kappa shape index (κ2) is 7.06. The van der Waals surface area contributed by atoms with E-state index in [9.17, 15) is 44.7 Å². The van der Waals surface area contributed by atoms with Gasteiger partial charge in [-0.3, -0.25) is 9.59 Å². The second-order valence-electron chi connectivity index (χ2n) is 4.82. The molecule has 0 saturated carbocycles. The van der Waals surface area contributed by atoms with Gasteiger partial charge in [-0.2, -0.15) is 35.1 Å². The smallest absolute Gasteiger partial charge is 0.294 e. The van der Waals surface area contributed by atoms with E-state index in [1.165, 1.54) is 0 Å². The molecule has 2 nitrogen and oxygen atoms in total. The molecular formula is C13H6Cl2F8O2. The SMILES string of the molecule is O=C(CC(=O)C(F)(F)C(C(F)(F)F)C(F)(F)F)c1cc(Cl)cc(Cl)c1. The molecular weight excluding hydrogens is 411 g/mol. The number of benzene rings is 1. The van der Waals surface area contributed by atoms with Gasteiger partial charge >= 0.3 is 18.3 Å². The van der Waals surface area contributed by atoms with Gasteiger partial charge in [-0.25, -0.2) is 0 Å². The molecule has 1 aromatic rings. The van der Waals surface area contributed by atoms with E-state index in [4.69, 9.17) is 23.2 Å². The molecule has 0 N–H and O–H groups in total. The summed E-state index contributed by atoms with van der Waals surface area (Å²) in [5.74, 6) is -15.4. The summed E-state index contributed by atoms with van der Waals surface area (Å²) in [6.45, 7) is 0. The van der Waals surface area contributed by atoms with Crippen LogP contribution in [0.25, 0.3) is 0 Å². The summed E-state index contributed by atoms with van der Waals surface area (Å²) < 4.78 is 101. The minimum atomic E-state index is -6.44. The first kappa shape index (κ1) is 21.6. The standard InChI is InChI=1S/C13H6Cl2F8O2/c14-6-1-5(2-7(15)3-6)8(24)4-9(25)11(16,17)10(12(18,19)20)13(21,22)23/h1-3,10H,4H2. The molecule has 0 radical (unpaired) electrons. The van der Waals surface area contributed by atoms with Crippen molar-refractivity contribution in [3.05, 3.63) is 33.8 Å². The van der Waals surface area contributed by atoms with E-state index in [0.717, 1.165) is 18.2 Å². The van der Waals surface area contributed by atoms with Crippen molar-refractivity contribution in [2.75, 3.05) is 0 Å². The lowest BCUT2D eigenvalue weighted by Crippen LogP contribution is -2.53. The van der Waals surface area contributed by atoms with Crippen molar-refractivity contribution in [1.29, 1.82) is 0 Å². The van der Waals surface area contributed by atoms with Crippen LogP contribution in [0.3, 0.4) is 0 Å². The zero-order chi connectivity index (χ0) is 19.8. The Labute approximate surface area is 144 Å². The number of hydrogen-bond donors (Lipinski definition) is 0. The zero-order valence-electron chi connectivity index (χ0n) is 11.6. The molecule has 0 amide bonds. The molecule has 0 atom stereocenters. The van der Waals surface area contributed by atoms with Crippen LogP contribution in [0.2, 0.25) is 10.0 Å². The second-order valence-corrected chi connectivity index (χ2v) is 5.69. The maximum absolute atomic E-state index is 13.5. The number of halogens is 10. The molecule has 1 aromatic carbocycles. The van der Waals surface area contributed by atoms with Gasteiger partial charge in [0.2, 0.25) is 11.7 Å². The number of hydrogen-bond acceptors (Lipinski definition) is 2. The van der Waals surface area contributed by atoms with Gasteiger partial charge in [-0.1, -0.05) is 23.2 Å². The first-order chi connectivity index (χ1) is 11.1. The molecule has 0 aromatic heterocycles. The fourth-order valence-electron chi connectivity index (χ4n) is 1.84. The van der Waals surface area contributed by atoms with Crippen molar-refractivity contribution in [1.82, 2.24) is 0 Å². The molecule has 25 heavy (non-hydrogen) atoms. The van der Waals surface area contributed by atoms with E-state index in [1.54, 1.807) is 0 Å². The lowest BCUT2D eigenvalue weighted by molar-refractivity contribution is -0.329. The Bertz CT molecular complexity index is 647. The van der Waals surface area contributed by atoms with E-state index < -0.39 is 47.7 Å². The van der Waals surface area contributed by atoms with Crippen LogP contribution in [0, 0.1) is 5.92 Å². The van der Waals surface area contributed by atoms with Crippen molar-refractivity contribution in [2.24, 2.45) is 5.92 Å². The summed E-state index contributed by atoms with van der Waals surface area (Å²) in [6.07, 6.45) is -14.8. The third kappa shape index (κ3) is 5.27. The van der Waals surface area contributed by atoms with Gasteiger partial charge in [-0.05, 0) is 18.2 Å². The maximum atomic E-state index is 13.5. The van der Waals surface area contributed by atoms with Gasteiger partial charge in [0.15, 0.2) is 5.78 Å². The number of ketones is 2. The Kier molecular flexibility index (Phi) is 6.11. The topological polar surface area (TPSA) is 34.1 Å². The summed E-state index contributed by atoms with van der Waals surface area (Å²) in [5.41, 5.74) is -0.516. The molecule has 0 aliphatic rings. The molecule has 0 aliphatic heterocycles. The van der Waals surface area contributed by atoms with Gasteiger partial charge in [0.05, 0.1) is 6.42 Å². The van der Waals surface area contributed by atoms with Crippen LogP contribution < -0.4 is 0 Å². The summed E-state index contributed by atoms with van der Waals surface area (Å²) in [7, 11) is 0. The lowest BCUT2D eigenvalue weighted by Gasteiger charge is -2.29. The Morgan fingerprint density at radius 1 is 0.840 bits per heavy atom. The molecule has 140 valence electrons. The molecule has 1 rings (SSSR count). The van der Waals surface area contributed by atoms with Crippen molar-refractivity contribution in [3.63, 3.8) is 0 Å². The lowest BCUT2D eigenvalue weighted by atomic mass is 9.92. The van der Waals surface area contributed by atoms with Crippen molar-refractivity contribution >= 4 is 34.8 Å². The van der Waals surface area contributed by atoms with Crippen molar-refractivity contribution in [3.8, 4) is 0 Å².